The van der Waals surface area contributed by atoms with Crippen LogP contribution in [0.2, 0.25) is 5.02 Å². The lowest BCUT2D eigenvalue weighted by atomic mass is 10.1. The number of piperidine rings is 1. The minimum atomic E-state index is 0.236. The maximum atomic E-state index is 6.08. The van der Waals surface area contributed by atoms with Crippen LogP contribution in [0.3, 0.4) is 0 Å². The fourth-order valence-corrected chi connectivity index (χ4v) is 3.78. The summed E-state index contributed by atoms with van der Waals surface area (Å²) < 4.78 is 11.5. The first-order valence-corrected chi connectivity index (χ1v) is 10.8. The van der Waals surface area contributed by atoms with Crippen LogP contribution in [0.15, 0.2) is 64.1 Å². The molecule has 0 saturated carbocycles. The number of ether oxygens (including phenoxy) is 1. The highest BCUT2D eigenvalue weighted by molar-refractivity contribution is 6.30. The van der Waals surface area contributed by atoms with E-state index in [9.17, 15) is 0 Å². The van der Waals surface area contributed by atoms with Crippen molar-refractivity contribution in [3.8, 4) is 17.1 Å². The number of nitrogens with one attached hydrogen (secondary N) is 1. The summed E-state index contributed by atoms with van der Waals surface area (Å²) >= 11 is 6.04. The van der Waals surface area contributed by atoms with Crippen molar-refractivity contribution in [3.63, 3.8) is 0 Å². The van der Waals surface area contributed by atoms with Gasteiger partial charge in [-0.05, 0) is 24.3 Å². The minimum Gasteiger partial charge on any atom is -0.490 e. The van der Waals surface area contributed by atoms with Crippen LogP contribution in [0.5, 0.6) is 5.75 Å². The Morgan fingerprint density at radius 2 is 2.00 bits per heavy atom. The van der Waals surface area contributed by atoms with Gasteiger partial charge in [-0.3, -0.25) is 4.99 Å². The third-order valence-electron chi connectivity index (χ3n) is 5.17. The highest BCUT2D eigenvalue weighted by Crippen LogP contribution is 2.20. The van der Waals surface area contributed by atoms with Crippen molar-refractivity contribution in [2.24, 2.45) is 4.99 Å². The first-order chi connectivity index (χ1) is 15.2. The van der Waals surface area contributed by atoms with E-state index in [1.807, 2.05) is 54.6 Å². The fraction of sp³-hybridized carbons (Fsp3) is 0.348. The molecule has 162 valence electrons. The number of hydrogen-bond acceptors (Lipinski definition) is 5. The maximum Gasteiger partial charge on any atom is 0.228 e. The van der Waals surface area contributed by atoms with Crippen LogP contribution in [0.4, 0.5) is 0 Å². The maximum absolute atomic E-state index is 6.08. The summed E-state index contributed by atoms with van der Waals surface area (Å²) in [6.07, 6.45) is 2.77. The molecule has 2 aromatic carbocycles. The molecule has 1 aromatic heterocycles. The van der Waals surface area contributed by atoms with Crippen molar-refractivity contribution in [3.05, 3.63) is 65.5 Å². The summed E-state index contributed by atoms with van der Waals surface area (Å²) in [5.74, 6) is 2.93. The highest BCUT2D eigenvalue weighted by atomic mass is 35.5. The molecule has 0 unspecified atom stereocenters. The van der Waals surface area contributed by atoms with Gasteiger partial charge in [0.2, 0.25) is 11.7 Å². The normalized spacial score (nSPS) is 15.2. The predicted molar refractivity (Wildman–Crippen MR) is 121 cm³/mol. The van der Waals surface area contributed by atoms with Crippen molar-refractivity contribution in [1.82, 2.24) is 20.4 Å². The number of nitrogens with zero attached hydrogens (tertiary/aromatic N) is 4. The second-order valence-electron chi connectivity index (χ2n) is 7.36. The van der Waals surface area contributed by atoms with Crippen molar-refractivity contribution in [2.75, 3.05) is 26.7 Å². The van der Waals surface area contributed by atoms with Gasteiger partial charge in [-0.15, -0.1) is 0 Å². The minimum absolute atomic E-state index is 0.236. The van der Waals surface area contributed by atoms with Crippen LogP contribution >= 0.6 is 11.6 Å². The molecule has 0 aliphatic carbocycles. The van der Waals surface area contributed by atoms with E-state index in [2.05, 4.69) is 25.3 Å². The third-order valence-corrected chi connectivity index (χ3v) is 5.41. The first-order valence-electron chi connectivity index (χ1n) is 10.5. The van der Waals surface area contributed by atoms with Gasteiger partial charge in [0.05, 0.1) is 0 Å². The molecule has 0 radical (unpaired) electrons. The molecule has 4 rings (SSSR count). The Kier molecular flexibility index (Phi) is 7.04. The average molecular weight is 440 g/mol. The Bertz CT molecular complexity index is 1000. The largest absolute Gasteiger partial charge is 0.490 e. The fourth-order valence-electron chi connectivity index (χ4n) is 3.59. The molecule has 0 amide bonds. The van der Waals surface area contributed by atoms with Gasteiger partial charge in [-0.1, -0.05) is 47.1 Å². The van der Waals surface area contributed by atoms with Crippen LogP contribution in [0.1, 0.15) is 18.7 Å². The second-order valence-corrected chi connectivity index (χ2v) is 7.80. The van der Waals surface area contributed by atoms with E-state index in [-0.39, 0.29) is 6.10 Å². The van der Waals surface area contributed by atoms with Gasteiger partial charge in [-0.2, -0.15) is 4.98 Å². The molecule has 1 aliphatic rings. The summed E-state index contributed by atoms with van der Waals surface area (Å²) in [5.41, 5.74) is 0.840. The van der Waals surface area contributed by atoms with E-state index in [1.54, 1.807) is 7.05 Å². The van der Waals surface area contributed by atoms with Gasteiger partial charge < -0.3 is 19.5 Å². The van der Waals surface area contributed by atoms with Crippen LogP contribution < -0.4 is 10.1 Å². The molecular formula is C23H26ClN5O2. The Morgan fingerprint density at radius 3 is 2.74 bits per heavy atom. The summed E-state index contributed by atoms with van der Waals surface area (Å²) in [6.45, 7) is 2.46. The molecule has 1 fully saturated rings. The first kappa shape index (κ1) is 21.2. The number of aromatic nitrogens is 2. The van der Waals surface area contributed by atoms with E-state index >= 15 is 0 Å². The van der Waals surface area contributed by atoms with E-state index in [4.69, 9.17) is 20.9 Å². The topological polar surface area (TPSA) is 75.8 Å². The number of aliphatic imine (C=N–C) groups is 1. The molecule has 8 heteroatoms. The number of hydrogen-bond donors (Lipinski definition) is 1. The van der Waals surface area contributed by atoms with Gasteiger partial charge >= 0.3 is 0 Å². The zero-order chi connectivity index (χ0) is 21.5. The molecule has 31 heavy (non-hydrogen) atoms. The molecule has 7 nitrogen and oxygen atoms in total. The molecule has 1 aliphatic heterocycles. The van der Waals surface area contributed by atoms with Crippen LogP contribution in [0.25, 0.3) is 11.4 Å². The smallest absolute Gasteiger partial charge is 0.228 e. The van der Waals surface area contributed by atoms with E-state index < -0.39 is 0 Å². The van der Waals surface area contributed by atoms with Crippen LogP contribution in [0, 0.1) is 0 Å². The number of benzene rings is 2. The standard InChI is InChI=1S/C23H26ClN5O2/c1-25-23(29-14-11-20(12-15-29)30-19-8-3-2-4-9-19)26-13-10-21-27-22(28-31-21)17-6-5-7-18(24)16-17/h2-9,16,20H,10-15H2,1H3,(H,25,26). The molecule has 2 heterocycles. The predicted octanol–water partition coefficient (Wildman–Crippen LogP) is 4.05. The van der Waals surface area contributed by atoms with Gasteiger partial charge in [0.15, 0.2) is 5.96 Å². The summed E-state index contributed by atoms with van der Waals surface area (Å²) in [5, 5.41) is 8.09. The SMILES string of the molecule is CN=C(NCCc1nc(-c2cccc(Cl)c2)no1)N1CCC(Oc2ccccc2)CC1. The number of likely N-dealkylation sites (tertiary alicyclic amines) is 1. The molecular weight excluding hydrogens is 414 g/mol. The lowest BCUT2D eigenvalue weighted by Gasteiger charge is -2.34. The summed E-state index contributed by atoms with van der Waals surface area (Å²) in [4.78, 5) is 11.1. The van der Waals surface area contributed by atoms with Crippen molar-refractivity contribution in [2.45, 2.75) is 25.4 Å². The Labute approximate surface area is 187 Å². The number of rotatable bonds is 6. The number of halogens is 1. The lowest BCUT2D eigenvalue weighted by Crippen LogP contribution is -2.47. The molecule has 0 atom stereocenters. The van der Waals surface area contributed by atoms with Crippen LogP contribution in [-0.4, -0.2) is 53.8 Å². The average Bonchev–Trinajstić information content (AvgIpc) is 3.27. The third kappa shape index (κ3) is 5.76. The zero-order valence-electron chi connectivity index (χ0n) is 17.5. The highest BCUT2D eigenvalue weighted by Gasteiger charge is 2.22. The van der Waals surface area contributed by atoms with E-state index in [1.165, 1.54) is 0 Å². The van der Waals surface area contributed by atoms with Crippen molar-refractivity contribution >= 4 is 17.6 Å². The quantitative estimate of drug-likeness (QED) is 0.461. The Balaban J connectivity index is 1.23. The van der Waals surface area contributed by atoms with Gasteiger partial charge in [0, 0.05) is 56.5 Å². The zero-order valence-corrected chi connectivity index (χ0v) is 18.3. The van der Waals surface area contributed by atoms with Crippen molar-refractivity contribution < 1.29 is 9.26 Å². The molecule has 1 saturated heterocycles. The van der Waals surface area contributed by atoms with Gasteiger partial charge in [0.25, 0.3) is 0 Å². The van der Waals surface area contributed by atoms with Gasteiger partial charge in [-0.25, -0.2) is 0 Å². The molecule has 0 bridgehead atoms. The number of guanidine groups is 1. The Hall–Kier alpha value is -3.06. The summed E-state index contributed by atoms with van der Waals surface area (Å²) in [6, 6.07) is 17.4. The van der Waals surface area contributed by atoms with E-state index in [0.717, 1.165) is 43.2 Å². The van der Waals surface area contributed by atoms with Gasteiger partial charge in [0.1, 0.15) is 11.9 Å². The molecule has 1 N–H and O–H groups in total. The second kappa shape index (κ2) is 10.3. The van der Waals surface area contributed by atoms with E-state index in [0.29, 0.717) is 29.7 Å². The number of para-hydroxylation sites is 1. The van der Waals surface area contributed by atoms with Crippen molar-refractivity contribution in [1.29, 1.82) is 0 Å². The Morgan fingerprint density at radius 1 is 1.19 bits per heavy atom. The molecule has 3 aromatic rings. The summed E-state index contributed by atoms with van der Waals surface area (Å²) in [7, 11) is 1.80. The lowest BCUT2D eigenvalue weighted by molar-refractivity contribution is 0.129. The monoisotopic (exact) mass is 439 g/mol. The van der Waals surface area contributed by atoms with Crippen LogP contribution in [-0.2, 0) is 6.42 Å². The molecule has 0 spiro atoms.